The molecule has 0 aromatic carbocycles. The van der Waals surface area contributed by atoms with Crippen LogP contribution in [0.5, 0.6) is 0 Å². The molecule has 2 N–H and O–H groups in total. The molecular formula is C8H14O4. The van der Waals surface area contributed by atoms with E-state index in [1.54, 1.807) is 6.92 Å². The second-order valence-corrected chi connectivity index (χ2v) is 2.57. The van der Waals surface area contributed by atoms with E-state index < -0.39 is 12.1 Å². The Hall–Kier alpha value is -1.03. The van der Waals surface area contributed by atoms with Crippen molar-refractivity contribution in [3.63, 3.8) is 0 Å². The summed E-state index contributed by atoms with van der Waals surface area (Å²) in [6.45, 7) is 1.62. The van der Waals surface area contributed by atoms with E-state index in [1.807, 2.05) is 0 Å². The van der Waals surface area contributed by atoms with Crippen molar-refractivity contribution in [3.05, 3.63) is 11.8 Å². The van der Waals surface area contributed by atoms with Gasteiger partial charge in [-0.05, 0) is 19.8 Å². The summed E-state index contributed by atoms with van der Waals surface area (Å²) < 4.78 is 4.57. The number of aliphatic hydroxyl groups excluding tert-OH is 1. The SMILES string of the molecule is COC=C(CCC(C)O)C(=O)O. The van der Waals surface area contributed by atoms with Crippen molar-refractivity contribution in [1.82, 2.24) is 0 Å². The zero-order valence-corrected chi connectivity index (χ0v) is 7.28. The van der Waals surface area contributed by atoms with Gasteiger partial charge in [0.25, 0.3) is 0 Å². The van der Waals surface area contributed by atoms with Gasteiger partial charge in [0.15, 0.2) is 0 Å². The molecule has 0 spiro atoms. The summed E-state index contributed by atoms with van der Waals surface area (Å²) in [6, 6.07) is 0. The van der Waals surface area contributed by atoms with E-state index in [0.29, 0.717) is 12.8 Å². The van der Waals surface area contributed by atoms with Crippen LogP contribution in [0.4, 0.5) is 0 Å². The first kappa shape index (κ1) is 11.0. The molecule has 0 rings (SSSR count). The fourth-order valence-corrected chi connectivity index (χ4v) is 0.723. The standard InChI is InChI=1S/C8H14O4/c1-6(9)3-4-7(5-12-2)8(10)11/h5-6,9H,3-4H2,1-2H3,(H,10,11). The molecule has 0 heterocycles. The largest absolute Gasteiger partial charge is 0.504 e. The van der Waals surface area contributed by atoms with Crippen molar-refractivity contribution in [2.24, 2.45) is 0 Å². The number of ether oxygens (including phenoxy) is 1. The average molecular weight is 174 g/mol. The molecule has 0 aliphatic carbocycles. The molecule has 4 heteroatoms. The van der Waals surface area contributed by atoms with Gasteiger partial charge in [-0.1, -0.05) is 0 Å². The molecule has 0 saturated heterocycles. The molecule has 0 bridgehead atoms. The Morgan fingerprint density at radius 1 is 1.67 bits per heavy atom. The van der Waals surface area contributed by atoms with Crippen LogP contribution in [0.2, 0.25) is 0 Å². The maximum atomic E-state index is 10.5. The third-order valence-electron chi connectivity index (χ3n) is 1.37. The molecule has 4 nitrogen and oxygen atoms in total. The molecule has 0 radical (unpaired) electrons. The molecule has 0 aliphatic rings. The van der Waals surface area contributed by atoms with E-state index in [2.05, 4.69) is 4.74 Å². The lowest BCUT2D eigenvalue weighted by molar-refractivity contribution is -0.133. The number of aliphatic carboxylic acids is 1. The number of carbonyl (C=O) groups is 1. The summed E-state index contributed by atoms with van der Waals surface area (Å²) in [6.07, 6.45) is 1.46. The van der Waals surface area contributed by atoms with Crippen molar-refractivity contribution in [2.45, 2.75) is 25.9 Å². The van der Waals surface area contributed by atoms with Gasteiger partial charge in [-0.15, -0.1) is 0 Å². The van der Waals surface area contributed by atoms with Gasteiger partial charge in [0.1, 0.15) is 0 Å². The minimum absolute atomic E-state index is 0.179. The van der Waals surface area contributed by atoms with Gasteiger partial charge >= 0.3 is 5.97 Å². The van der Waals surface area contributed by atoms with Crippen LogP contribution >= 0.6 is 0 Å². The zero-order chi connectivity index (χ0) is 9.56. The third kappa shape index (κ3) is 4.73. The van der Waals surface area contributed by atoms with Crippen molar-refractivity contribution in [1.29, 1.82) is 0 Å². The number of rotatable bonds is 5. The first-order valence-corrected chi connectivity index (χ1v) is 3.71. The summed E-state index contributed by atoms with van der Waals surface area (Å²) >= 11 is 0. The quantitative estimate of drug-likeness (QED) is 0.477. The Balaban J connectivity index is 3.97. The zero-order valence-electron chi connectivity index (χ0n) is 7.28. The van der Waals surface area contributed by atoms with Gasteiger partial charge in [0, 0.05) is 0 Å². The van der Waals surface area contributed by atoms with E-state index in [9.17, 15) is 4.79 Å². The van der Waals surface area contributed by atoms with Crippen LogP contribution in [-0.4, -0.2) is 29.4 Å². The fourth-order valence-electron chi connectivity index (χ4n) is 0.723. The smallest absolute Gasteiger partial charge is 0.334 e. The summed E-state index contributed by atoms with van der Waals surface area (Å²) in [7, 11) is 1.39. The average Bonchev–Trinajstić information content (AvgIpc) is 1.96. The Morgan fingerprint density at radius 3 is 2.58 bits per heavy atom. The Morgan fingerprint density at radius 2 is 2.25 bits per heavy atom. The van der Waals surface area contributed by atoms with Crippen LogP contribution in [0.25, 0.3) is 0 Å². The Bertz CT molecular complexity index is 172. The normalized spacial score (nSPS) is 14.1. The minimum atomic E-state index is -1.00. The highest BCUT2D eigenvalue weighted by atomic mass is 16.5. The van der Waals surface area contributed by atoms with Gasteiger partial charge in [0.05, 0.1) is 25.0 Å². The molecule has 0 saturated carbocycles. The highest BCUT2D eigenvalue weighted by molar-refractivity contribution is 5.86. The Labute approximate surface area is 71.5 Å². The number of carboxylic acids is 1. The second kappa shape index (κ2) is 5.60. The van der Waals surface area contributed by atoms with Crippen LogP contribution in [-0.2, 0) is 9.53 Å². The molecular weight excluding hydrogens is 160 g/mol. The molecule has 1 unspecified atom stereocenters. The van der Waals surface area contributed by atoms with Gasteiger partial charge < -0.3 is 14.9 Å². The molecule has 0 aromatic rings. The predicted molar refractivity (Wildman–Crippen MR) is 43.6 cm³/mol. The number of aliphatic hydroxyl groups is 1. The summed E-state index contributed by atoms with van der Waals surface area (Å²) in [4.78, 5) is 10.5. The Kier molecular flexibility index (Phi) is 5.12. The molecule has 0 amide bonds. The van der Waals surface area contributed by atoms with Crippen molar-refractivity contribution >= 4 is 5.97 Å². The van der Waals surface area contributed by atoms with Crippen molar-refractivity contribution in [2.75, 3.05) is 7.11 Å². The summed E-state index contributed by atoms with van der Waals surface area (Å²) in [5.74, 6) is -1.00. The lowest BCUT2D eigenvalue weighted by atomic mass is 10.1. The van der Waals surface area contributed by atoms with Crippen LogP contribution < -0.4 is 0 Å². The van der Waals surface area contributed by atoms with Crippen LogP contribution in [0, 0.1) is 0 Å². The van der Waals surface area contributed by atoms with Gasteiger partial charge in [0.2, 0.25) is 0 Å². The maximum Gasteiger partial charge on any atom is 0.334 e. The van der Waals surface area contributed by atoms with Gasteiger partial charge in [-0.25, -0.2) is 4.79 Å². The van der Waals surface area contributed by atoms with Crippen LogP contribution in [0.3, 0.4) is 0 Å². The minimum Gasteiger partial charge on any atom is -0.504 e. The first-order valence-electron chi connectivity index (χ1n) is 3.71. The third-order valence-corrected chi connectivity index (χ3v) is 1.37. The topological polar surface area (TPSA) is 66.8 Å². The molecule has 0 aliphatic heterocycles. The van der Waals surface area contributed by atoms with E-state index in [0.717, 1.165) is 0 Å². The second-order valence-electron chi connectivity index (χ2n) is 2.57. The number of carboxylic acid groups (broad SMARTS) is 1. The van der Waals surface area contributed by atoms with Gasteiger partial charge in [-0.3, -0.25) is 0 Å². The number of methoxy groups -OCH3 is 1. The van der Waals surface area contributed by atoms with Crippen LogP contribution in [0.15, 0.2) is 11.8 Å². The van der Waals surface area contributed by atoms with E-state index in [4.69, 9.17) is 10.2 Å². The summed E-state index contributed by atoms with van der Waals surface area (Å²) in [5.41, 5.74) is 0.179. The highest BCUT2D eigenvalue weighted by Gasteiger charge is 2.08. The lowest BCUT2D eigenvalue weighted by Crippen LogP contribution is -2.06. The predicted octanol–water partition coefficient (Wildman–Crippen LogP) is 0.762. The first-order chi connectivity index (χ1) is 5.57. The number of hydrogen-bond donors (Lipinski definition) is 2. The lowest BCUT2D eigenvalue weighted by Gasteiger charge is -2.03. The molecule has 0 aromatic heterocycles. The molecule has 12 heavy (non-hydrogen) atoms. The monoisotopic (exact) mass is 174 g/mol. The molecule has 70 valence electrons. The van der Waals surface area contributed by atoms with E-state index in [-0.39, 0.29) is 5.57 Å². The van der Waals surface area contributed by atoms with Gasteiger partial charge in [-0.2, -0.15) is 0 Å². The van der Waals surface area contributed by atoms with Crippen molar-refractivity contribution < 1.29 is 19.7 Å². The highest BCUT2D eigenvalue weighted by Crippen LogP contribution is 2.07. The van der Waals surface area contributed by atoms with E-state index in [1.165, 1.54) is 13.4 Å². The maximum absolute atomic E-state index is 10.5. The number of hydrogen-bond acceptors (Lipinski definition) is 3. The van der Waals surface area contributed by atoms with Crippen LogP contribution in [0.1, 0.15) is 19.8 Å². The molecule has 1 atom stereocenters. The summed E-state index contributed by atoms with van der Waals surface area (Å²) in [5, 5.41) is 17.5. The molecule has 0 fully saturated rings. The fraction of sp³-hybridized carbons (Fsp3) is 0.625. The van der Waals surface area contributed by atoms with E-state index >= 15 is 0 Å². The van der Waals surface area contributed by atoms with Crippen molar-refractivity contribution in [3.8, 4) is 0 Å².